The van der Waals surface area contributed by atoms with E-state index in [9.17, 15) is 13.5 Å². The van der Waals surface area contributed by atoms with Crippen LogP contribution < -0.4 is 4.72 Å². The van der Waals surface area contributed by atoms with Gasteiger partial charge in [-0.1, -0.05) is 12.1 Å². The predicted octanol–water partition coefficient (Wildman–Crippen LogP) is 1.59. The van der Waals surface area contributed by atoms with E-state index in [1.807, 2.05) is 0 Å². The van der Waals surface area contributed by atoms with Crippen molar-refractivity contribution in [3.05, 3.63) is 29.8 Å². The van der Waals surface area contributed by atoms with Gasteiger partial charge >= 0.3 is 0 Å². The first-order valence-corrected chi connectivity index (χ1v) is 8.36. The van der Waals surface area contributed by atoms with E-state index in [1.54, 1.807) is 19.1 Å². The van der Waals surface area contributed by atoms with Crippen LogP contribution in [0.4, 0.5) is 0 Å². The van der Waals surface area contributed by atoms with Crippen LogP contribution >= 0.6 is 0 Å². The highest BCUT2D eigenvalue weighted by Crippen LogP contribution is 2.18. The Labute approximate surface area is 120 Å². The third-order valence-corrected chi connectivity index (χ3v) is 4.85. The molecule has 2 rings (SSSR count). The zero-order valence-electron chi connectivity index (χ0n) is 11.6. The zero-order chi connectivity index (χ0) is 14.6. The number of rotatable bonds is 5. The van der Waals surface area contributed by atoms with E-state index >= 15 is 0 Å². The van der Waals surface area contributed by atoms with Crippen LogP contribution in [0.1, 0.15) is 37.9 Å². The van der Waals surface area contributed by atoms with Gasteiger partial charge in [0.2, 0.25) is 10.0 Å². The third kappa shape index (κ3) is 4.02. The van der Waals surface area contributed by atoms with Crippen molar-refractivity contribution < 1.29 is 18.3 Å². The molecule has 1 heterocycles. The number of hydrogen-bond acceptors (Lipinski definition) is 4. The molecule has 1 aromatic carbocycles. The zero-order valence-corrected chi connectivity index (χ0v) is 12.4. The largest absolute Gasteiger partial charge is 0.389 e. The fourth-order valence-corrected chi connectivity index (χ4v) is 3.32. The minimum absolute atomic E-state index is 0.0431. The molecule has 0 radical (unpaired) electrons. The predicted molar refractivity (Wildman–Crippen MR) is 75.9 cm³/mol. The monoisotopic (exact) mass is 299 g/mol. The normalized spacial score (nSPS) is 21.6. The molecule has 0 saturated carbocycles. The van der Waals surface area contributed by atoms with E-state index in [0.717, 1.165) is 19.3 Å². The number of benzene rings is 1. The maximum atomic E-state index is 12.2. The fourth-order valence-electron chi connectivity index (χ4n) is 2.20. The molecular formula is C14H21NO4S. The van der Waals surface area contributed by atoms with Crippen molar-refractivity contribution in [1.82, 2.24) is 4.72 Å². The number of hydrogen-bond donors (Lipinski definition) is 2. The lowest BCUT2D eigenvalue weighted by molar-refractivity contribution is 0.0200. The Bertz CT molecular complexity index is 536. The summed E-state index contributed by atoms with van der Waals surface area (Å²) < 4.78 is 32.5. The van der Waals surface area contributed by atoms with Crippen molar-refractivity contribution >= 4 is 10.0 Å². The molecular weight excluding hydrogens is 278 g/mol. The van der Waals surface area contributed by atoms with Crippen LogP contribution in [-0.4, -0.2) is 32.8 Å². The summed E-state index contributed by atoms with van der Waals surface area (Å²) in [4.78, 5) is 0.173. The summed E-state index contributed by atoms with van der Waals surface area (Å²) in [7, 11) is -3.56. The molecule has 1 fully saturated rings. The topological polar surface area (TPSA) is 75.6 Å². The van der Waals surface area contributed by atoms with E-state index in [-0.39, 0.29) is 11.0 Å². The molecule has 1 saturated heterocycles. The number of sulfonamides is 1. The van der Waals surface area contributed by atoms with Crippen LogP contribution in [0, 0.1) is 0 Å². The molecule has 1 aliphatic heterocycles. The van der Waals surface area contributed by atoms with Gasteiger partial charge in [0.25, 0.3) is 0 Å². The van der Waals surface area contributed by atoms with Gasteiger partial charge in [0.1, 0.15) is 0 Å². The molecule has 20 heavy (non-hydrogen) atoms. The van der Waals surface area contributed by atoms with Crippen LogP contribution in [0.15, 0.2) is 29.2 Å². The van der Waals surface area contributed by atoms with Gasteiger partial charge in [-0.25, -0.2) is 13.1 Å². The molecule has 1 aromatic rings. The van der Waals surface area contributed by atoms with Crippen molar-refractivity contribution in [3.8, 4) is 0 Å². The lowest BCUT2D eigenvalue weighted by Gasteiger charge is -2.22. The molecule has 0 spiro atoms. The Morgan fingerprint density at radius 3 is 2.90 bits per heavy atom. The first-order chi connectivity index (χ1) is 9.49. The first-order valence-electron chi connectivity index (χ1n) is 6.88. The highest BCUT2D eigenvalue weighted by Gasteiger charge is 2.19. The van der Waals surface area contributed by atoms with Crippen molar-refractivity contribution in [2.75, 3.05) is 13.2 Å². The maximum Gasteiger partial charge on any atom is 0.240 e. The summed E-state index contributed by atoms with van der Waals surface area (Å²) in [5.74, 6) is 0. The molecule has 0 bridgehead atoms. The van der Waals surface area contributed by atoms with Gasteiger partial charge in [0, 0.05) is 13.2 Å². The molecule has 2 atom stereocenters. The Hall–Kier alpha value is -0.950. The highest BCUT2D eigenvalue weighted by molar-refractivity contribution is 7.89. The van der Waals surface area contributed by atoms with Gasteiger partial charge in [0.05, 0.1) is 17.1 Å². The van der Waals surface area contributed by atoms with Gasteiger partial charge in [-0.05, 0) is 43.9 Å². The average molecular weight is 299 g/mol. The Balaban J connectivity index is 2.03. The summed E-state index contributed by atoms with van der Waals surface area (Å²) in [6, 6.07) is 6.35. The summed E-state index contributed by atoms with van der Waals surface area (Å²) in [6.07, 6.45) is 2.27. The number of aliphatic hydroxyl groups excluding tert-OH is 1. The molecule has 2 N–H and O–H groups in total. The maximum absolute atomic E-state index is 12.2. The van der Waals surface area contributed by atoms with E-state index in [1.165, 1.54) is 12.1 Å². The average Bonchev–Trinajstić information content (AvgIpc) is 2.46. The third-order valence-electron chi connectivity index (χ3n) is 3.43. The molecule has 0 aromatic heterocycles. The SMILES string of the molecule is CC(O)c1cccc(S(=O)(=O)NCC2CCCCO2)c1. The molecule has 0 aliphatic carbocycles. The first kappa shape index (κ1) is 15.4. The van der Waals surface area contributed by atoms with Crippen LogP contribution in [-0.2, 0) is 14.8 Å². The second kappa shape index (κ2) is 6.67. The lowest BCUT2D eigenvalue weighted by atomic mass is 10.1. The smallest absolute Gasteiger partial charge is 0.240 e. The number of aliphatic hydroxyl groups is 1. The van der Waals surface area contributed by atoms with Crippen LogP contribution in [0.3, 0.4) is 0 Å². The van der Waals surface area contributed by atoms with Crippen molar-refractivity contribution in [3.63, 3.8) is 0 Å². The van der Waals surface area contributed by atoms with Crippen molar-refractivity contribution in [2.45, 2.75) is 43.3 Å². The standard InChI is InChI=1S/C14H21NO4S/c1-11(16)12-5-4-7-14(9-12)20(17,18)15-10-13-6-2-3-8-19-13/h4-5,7,9,11,13,15-16H,2-3,6,8,10H2,1H3. The molecule has 6 heteroatoms. The van der Waals surface area contributed by atoms with Crippen LogP contribution in [0.5, 0.6) is 0 Å². The second-order valence-electron chi connectivity index (χ2n) is 5.09. The minimum atomic E-state index is -3.56. The second-order valence-corrected chi connectivity index (χ2v) is 6.86. The molecule has 2 unspecified atom stereocenters. The summed E-state index contributed by atoms with van der Waals surface area (Å²) in [6.45, 7) is 2.60. The molecule has 5 nitrogen and oxygen atoms in total. The van der Waals surface area contributed by atoms with E-state index in [2.05, 4.69) is 4.72 Å². The van der Waals surface area contributed by atoms with Crippen LogP contribution in [0.25, 0.3) is 0 Å². The van der Waals surface area contributed by atoms with Gasteiger partial charge in [-0.2, -0.15) is 0 Å². The highest BCUT2D eigenvalue weighted by atomic mass is 32.2. The Morgan fingerprint density at radius 2 is 2.25 bits per heavy atom. The molecule has 112 valence electrons. The van der Waals surface area contributed by atoms with Gasteiger partial charge < -0.3 is 9.84 Å². The quantitative estimate of drug-likeness (QED) is 0.865. The Kier molecular flexibility index (Phi) is 5.15. The van der Waals surface area contributed by atoms with Gasteiger partial charge in [-0.3, -0.25) is 0 Å². The number of nitrogens with one attached hydrogen (secondary N) is 1. The van der Waals surface area contributed by atoms with Gasteiger partial charge in [-0.15, -0.1) is 0 Å². The lowest BCUT2D eigenvalue weighted by Crippen LogP contribution is -2.35. The van der Waals surface area contributed by atoms with E-state index in [4.69, 9.17) is 4.74 Å². The Morgan fingerprint density at radius 1 is 1.45 bits per heavy atom. The van der Waals surface area contributed by atoms with Crippen molar-refractivity contribution in [2.24, 2.45) is 0 Å². The van der Waals surface area contributed by atoms with E-state index < -0.39 is 16.1 Å². The summed E-state index contributed by atoms with van der Waals surface area (Å²) >= 11 is 0. The van der Waals surface area contributed by atoms with E-state index in [0.29, 0.717) is 18.7 Å². The summed E-state index contributed by atoms with van der Waals surface area (Å²) in [5.41, 5.74) is 0.585. The number of ether oxygens (including phenoxy) is 1. The molecule has 0 amide bonds. The van der Waals surface area contributed by atoms with Gasteiger partial charge in [0.15, 0.2) is 0 Å². The van der Waals surface area contributed by atoms with Crippen LogP contribution in [0.2, 0.25) is 0 Å². The minimum Gasteiger partial charge on any atom is -0.389 e. The molecule has 1 aliphatic rings. The fraction of sp³-hybridized carbons (Fsp3) is 0.571. The van der Waals surface area contributed by atoms with Crippen molar-refractivity contribution in [1.29, 1.82) is 0 Å². The summed E-state index contributed by atoms with van der Waals surface area (Å²) in [5, 5.41) is 9.51.